The quantitative estimate of drug-likeness (QED) is 0.464. The molecule has 2 aliphatic heterocycles. The summed E-state index contributed by atoms with van der Waals surface area (Å²) >= 11 is 0. The molecule has 3 heterocycles. The maximum atomic E-state index is 11.6. The number of benzene rings is 2. The molecule has 0 bridgehead atoms. The van der Waals surface area contributed by atoms with Crippen molar-refractivity contribution in [3.63, 3.8) is 0 Å². The van der Waals surface area contributed by atoms with Crippen LogP contribution in [0.25, 0.3) is 10.9 Å². The highest BCUT2D eigenvalue weighted by atomic mass is 16.5. The highest BCUT2D eigenvalue weighted by Gasteiger charge is 2.40. The first-order valence-corrected chi connectivity index (χ1v) is 12.9. The van der Waals surface area contributed by atoms with E-state index in [1.807, 2.05) is 19.2 Å². The number of piperidine rings is 1. The van der Waals surface area contributed by atoms with Crippen LogP contribution >= 0.6 is 0 Å². The van der Waals surface area contributed by atoms with Gasteiger partial charge in [0.2, 0.25) is 5.95 Å². The van der Waals surface area contributed by atoms with E-state index in [1.54, 1.807) is 14.2 Å². The topological polar surface area (TPSA) is 97.1 Å². The second-order valence-corrected chi connectivity index (χ2v) is 10.1. The molecule has 2 saturated heterocycles. The molecule has 196 valence electrons. The van der Waals surface area contributed by atoms with Crippen molar-refractivity contribution in [3.05, 3.63) is 48.0 Å². The molecule has 0 unspecified atom stereocenters. The Morgan fingerprint density at radius 2 is 1.78 bits per heavy atom. The number of hydrazine groups is 1. The molecule has 9 nitrogen and oxygen atoms in total. The highest BCUT2D eigenvalue weighted by Crippen LogP contribution is 2.39. The van der Waals surface area contributed by atoms with Crippen LogP contribution < -0.4 is 20.1 Å². The van der Waals surface area contributed by atoms with Crippen molar-refractivity contribution in [1.29, 1.82) is 0 Å². The van der Waals surface area contributed by atoms with Gasteiger partial charge in [0, 0.05) is 50.1 Å². The summed E-state index contributed by atoms with van der Waals surface area (Å²) < 4.78 is 10.9. The van der Waals surface area contributed by atoms with Gasteiger partial charge in [0.25, 0.3) is 0 Å². The Bertz CT molecular complexity index is 1250. The maximum absolute atomic E-state index is 11.6. The average molecular weight is 505 g/mol. The van der Waals surface area contributed by atoms with E-state index in [2.05, 4.69) is 50.2 Å². The predicted octanol–water partition coefficient (Wildman–Crippen LogP) is 3.28. The summed E-state index contributed by atoms with van der Waals surface area (Å²) in [5, 5.41) is 5.40. The Balaban J connectivity index is 1.43. The minimum atomic E-state index is -0.0758. The first kappa shape index (κ1) is 25.2. The number of nitrogens with zero attached hydrogens (tertiary/aromatic N) is 5. The van der Waals surface area contributed by atoms with Crippen LogP contribution in [0.15, 0.2) is 42.5 Å². The number of fused-ring (bicyclic) bond motifs is 1. The molecule has 9 heteroatoms. The van der Waals surface area contributed by atoms with Crippen LogP contribution in [-0.4, -0.2) is 79.8 Å². The van der Waals surface area contributed by atoms with Gasteiger partial charge < -0.3 is 24.9 Å². The van der Waals surface area contributed by atoms with E-state index >= 15 is 0 Å². The normalized spacial score (nSPS) is 20.1. The van der Waals surface area contributed by atoms with Crippen molar-refractivity contribution in [2.75, 3.05) is 58.1 Å². The van der Waals surface area contributed by atoms with E-state index in [4.69, 9.17) is 20.2 Å². The van der Waals surface area contributed by atoms with Gasteiger partial charge in [0.15, 0.2) is 11.5 Å². The molecule has 0 aliphatic carbocycles. The molecule has 2 aliphatic rings. The minimum Gasteiger partial charge on any atom is -0.493 e. The van der Waals surface area contributed by atoms with Gasteiger partial charge in [0.1, 0.15) is 12.1 Å². The van der Waals surface area contributed by atoms with Crippen molar-refractivity contribution in [3.8, 4) is 11.5 Å². The third-order valence-electron chi connectivity index (χ3n) is 7.97. The van der Waals surface area contributed by atoms with Crippen molar-refractivity contribution in [1.82, 2.24) is 20.0 Å². The number of nitrogen functional groups attached to an aromatic ring is 1. The fraction of sp³-hybridized carbons (Fsp3) is 0.464. The van der Waals surface area contributed by atoms with Crippen LogP contribution in [0.2, 0.25) is 0 Å². The van der Waals surface area contributed by atoms with E-state index in [0.717, 1.165) is 63.5 Å². The molecule has 0 saturated carbocycles. The van der Waals surface area contributed by atoms with E-state index in [1.165, 1.54) is 5.56 Å². The maximum Gasteiger partial charge on any atom is 0.227 e. The fourth-order valence-corrected chi connectivity index (χ4v) is 5.94. The number of ether oxygens (including phenoxy) is 2. The molecule has 1 atom stereocenters. The average Bonchev–Trinajstić information content (AvgIpc) is 3.42. The van der Waals surface area contributed by atoms with Gasteiger partial charge in [-0.15, -0.1) is 0 Å². The number of hydrogen-bond donors (Lipinski definition) is 1. The number of likely N-dealkylation sites (N-methyl/N-ethyl adjacent to an activating group) is 1. The molecule has 0 spiro atoms. The number of hydrogen-bond acceptors (Lipinski definition) is 9. The van der Waals surface area contributed by atoms with Gasteiger partial charge in [-0.2, -0.15) is 4.98 Å². The summed E-state index contributed by atoms with van der Waals surface area (Å²) in [7, 11) is 5.23. The van der Waals surface area contributed by atoms with Gasteiger partial charge in [-0.1, -0.05) is 30.3 Å². The van der Waals surface area contributed by atoms with Crippen LogP contribution in [0.3, 0.4) is 0 Å². The molecule has 2 fully saturated rings. The first-order chi connectivity index (χ1) is 18.0. The largest absolute Gasteiger partial charge is 0.493 e. The van der Waals surface area contributed by atoms with Gasteiger partial charge >= 0.3 is 0 Å². The predicted molar refractivity (Wildman–Crippen MR) is 145 cm³/mol. The third kappa shape index (κ3) is 4.81. The van der Waals surface area contributed by atoms with E-state index in [-0.39, 0.29) is 11.5 Å². The second-order valence-electron chi connectivity index (χ2n) is 10.1. The number of aromatic nitrogens is 2. The minimum absolute atomic E-state index is 0.0106. The van der Waals surface area contributed by atoms with Crippen LogP contribution in [0.4, 0.5) is 11.8 Å². The monoisotopic (exact) mass is 504 g/mol. The summed E-state index contributed by atoms with van der Waals surface area (Å²) in [6.07, 6.45) is 5.06. The van der Waals surface area contributed by atoms with Crippen molar-refractivity contribution < 1.29 is 14.3 Å². The molecule has 37 heavy (non-hydrogen) atoms. The lowest BCUT2D eigenvalue weighted by Gasteiger charge is -2.47. The number of methoxy groups -OCH3 is 2. The highest BCUT2D eigenvalue weighted by molar-refractivity contribution is 5.91. The number of rotatable bonds is 8. The number of anilines is 2. The van der Waals surface area contributed by atoms with Gasteiger partial charge in [-0.25, -0.2) is 15.0 Å². The Labute approximate surface area is 218 Å². The summed E-state index contributed by atoms with van der Waals surface area (Å²) in [6, 6.07) is 14.4. The SMILES string of the molecule is COc1cc2nc(N(C)CC3(c4ccccc4)CCN(N4CCC[C@@H]4C=O)CC3)nc(N)c2cc1OC. The van der Waals surface area contributed by atoms with Crippen LogP contribution in [-0.2, 0) is 10.2 Å². The standard InChI is InChI=1S/C28H36N6O3/c1-32(27-30-23-17-25(37-3)24(36-2)16-22(23)26(29)31-27)19-28(20-8-5-4-6-9-20)11-14-33(15-12-28)34-13-7-10-21(34)18-35/h4-6,8-9,16-18,21H,7,10-15,19H2,1-3H3,(H2,29,30,31)/t21-/m1/s1. The van der Waals surface area contributed by atoms with Gasteiger partial charge in [-0.3, -0.25) is 0 Å². The third-order valence-corrected chi connectivity index (χ3v) is 7.97. The Hall–Kier alpha value is -3.43. The molecular weight excluding hydrogens is 468 g/mol. The van der Waals surface area contributed by atoms with Crippen LogP contribution in [0, 0.1) is 0 Å². The van der Waals surface area contributed by atoms with Gasteiger partial charge in [0.05, 0.1) is 25.8 Å². The van der Waals surface area contributed by atoms with Crippen molar-refractivity contribution in [2.24, 2.45) is 0 Å². The van der Waals surface area contributed by atoms with E-state index in [9.17, 15) is 4.79 Å². The summed E-state index contributed by atoms with van der Waals surface area (Å²) in [5.74, 6) is 2.18. The van der Waals surface area contributed by atoms with Crippen LogP contribution in [0.5, 0.6) is 11.5 Å². The zero-order valence-corrected chi connectivity index (χ0v) is 21.9. The molecule has 2 N–H and O–H groups in total. The number of nitrogens with two attached hydrogens (primary N) is 1. The number of carbonyl (C=O) groups excluding carboxylic acids is 1. The van der Waals surface area contributed by atoms with Crippen molar-refractivity contribution >= 4 is 29.0 Å². The van der Waals surface area contributed by atoms with E-state index in [0.29, 0.717) is 28.8 Å². The van der Waals surface area contributed by atoms with Crippen molar-refractivity contribution in [2.45, 2.75) is 37.1 Å². The second kappa shape index (κ2) is 10.5. The first-order valence-electron chi connectivity index (χ1n) is 12.9. The molecule has 3 aromatic rings. The van der Waals surface area contributed by atoms with Crippen LogP contribution in [0.1, 0.15) is 31.2 Å². The molecule has 5 rings (SSSR count). The molecule has 0 amide bonds. The zero-order chi connectivity index (χ0) is 26.0. The number of carbonyl (C=O) groups is 1. The molecular formula is C28H36N6O3. The van der Waals surface area contributed by atoms with Gasteiger partial charge in [-0.05, 0) is 37.3 Å². The summed E-state index contributed by atoms with van der Waals surface area (Å²) in [6.45, 7) is 3.52. The summed E-state index contributed by atoms with van der Waals surface area (Å²) in [5.41, 5.74) is 8.34. The fourth-order valence-electron chi connectivity index (χ4n) is 5.94. The molecule has 1 aromatic heterocycles. The number of aldehydes is 1. The zero-order valence-electron chi connectivity index (χ0n) is 21.9. The molecule has 0 radical (unpaired) electrons. The lowest BCUT2D eigenvalue weighted by molar-refractivity contribution is -0.121. The molecule has 2 aromatic carbocycles. The smallest absolute Gasteiger partial charge is 0.227 e. The lowest BCUT2D eigenvalue weighted by Crippen LogP contribution is -2.55. The Kier molecular flexibility index (Phi) is 7.17. The van der Waals surface area contributed by atoms with E-state index < -0.39 is 0 Å². The Morgan fingerprint density at radius 1 is 1.08 bits per heavy atom. The lowest BCUT2D eigenvalue weighted by atomic mass is 9.72. The Morgan fingerprint density at radius 3 is 2.46 bits per heavy atom. The summed E-state index contributed by atoms with van der Waals surface area (Å²) in [4.78, 5) is 23.2.